The van der Waals surface area contributed by atoms with Gasteiger partial charge >= 0.3 is 5.97 Å². The SMILES string of the molecule is [2H]CCCCCCCCCCCCCCCCCCOC1=C(O)C(=O)O[C@@H]1[C@@H](O)CO. The van der Waals surface area contributed by atoms with Gasteiger partial charge in [-0.15, -0.1) is 0 Å². The van der Waals surface area contributed by atoms with Crippen LogP contribution in [0.15, 0.2) is 11.5 Å². The molecule has 0 unspecified atom stereocenters. The van der Waals surface area contributed by atoms with E-state index in [1.165, 1.54) is 77.0 Å². The van der Waals surface area contributed by atoms with Gasteiger partial charge in [0.15, 0.2) is 11.9 Å². The number of esters is 1. The Balaban J connectivity index is 1.88. The highest BCUT2D eigenvalue weighted by Gasteiger charge is 2.40. The van der Waals surface area contributed by atoms with Gasteiger partial charge in [-0.3, -0.25) is 0 Å². The number of cyclic esters (lactones) is 1. The molecule has 0 saturated heterocycles. The van der Waals surface area contributed by atoms with Crippen LogP contribution in [0.25, 0.3) is 0 Å². The number of ether oxygens (including phenoxy) is 2. The lowest BCUT2D eigenvalue weighted by Gasteiger charge is -2.18. The minimum absolute atomic E-state index is 0.0734. The molecule has 0 spiro atoms. The molecule has 0 aromatic heterocycles. The Morgan fingerprint density at radius 1 is 0.900 bits per heavy atom. The number of carbonyl (C=O) groups excluding carboxylic acids is 1. The van der Waals surface area contributed by atoms with Crippen molar-refractivity contribution in [1.29, 1.82) is 0 Å². The molecule has 30 heavy (non-hydrogen) atoms. The molecule has 0 amide bonds. The third kappa shape index (κ3) is 11.2. The summed E-state index contributed by atoms with van der Waals surface area (Å²) in [5.41, 5.74) is 0. The van der Waals surface area contributed by atoms with Gasteiger partial charge in [-0.25, -0.2) is 4.79 Å². The van der Waals surface area contributed by atoms with E-state index in [1.807, 2.05) is 0 Å². The van der Waals surface area contributed by atoms with Crippen molar-refractivity contribution in [3.8, 4) is 0 Å². The summed E-state index contributed by atoms with van der Waals surface area (Å²) in [4.78, 5) is 11.4. The summed E-state index contributed by atoms with van der Waals surface area (Å²) < 4.78 is 17.4. The van der Waals surface area contributed by atoms with E-state index < -0.39 is 30.5 Å². The van der Waals surface area contributed by atoms with Crippen molar-refractivity contribution >= 4 is 5.97 Å². The third-order valence-electron chi connectivity index (χ3n) is 5.61. The van der Waals surface area contributed by atoms with Crippen LogP contribution in [-0.4, -0.2) is 46.7 Å². The van der Waals surface area contributed by atoms with Gasteiger partial charge in [0.1, 0.15) is 6.10 Å². The Hall–Kier alpha value is -1.27. The van der Waals surface area contributed by atoms with E-state index in [2.05, 4.69) is 0 Å². The Kier molecular flexibility index (Phi) is 14.5. The fraction of sp³-hybridized carbons (Fsp3) is 0.875. The summed E-state index contributed by atoms with van der Waals surface area (Å²) in [6.07, 6.45) is 17.3. The maximum Gasteiger partial charge on any atom is 0.378 e. The molecule has 1 rings (SSSR count). The Morgan fingerprint density at radius 3 is 1.83 bits per heavy atom. The zero-order valence-electron chi connectivity index (χ0n) is 19.7. The molecule has 0 saturated carbocycles. The summed E-state index contributed by atoms with van der Waals surface area (Å²) in [5.74, 6) is -1.61. The number of hydrogen-bond acceptors (Lipinski definition) is 6. The molecule has 0 radical (unpaired) electrons. The van der Waals surface area contributed by atoms with Gasteiger partial charge in [0.25, 0.3) is 0 Å². The maximum absolute atomic E-state index is 11.4. The van der Waals surface area contributed by atoms with E-state index in [0.717, 1.165) is 25.7 Å². The lowest BCUT2D eigenvalue weighted by molar-refractivity contribution is -0.148. The monoisotopic (exact) mass is 429 g/mol. The van der Waals surface area contributed by atoms with Crippen molar-refractivity contribution in [2.24, 2.45) is 0 Å². The van der Waals surface area contributed by atoms with Gasteiger partial charge in [-0.05, 0) is 6.42 Å². The van der Waals surface area contributed by atoms with Gasteiger partial charge in [0.2, 0.25) is 5.76 Å². The average Bonchev–Trinajstić information content (AvgIpc) is 3.06. The Morgan fingerprint density at radius 2 is 1.37 bits per heavy atom. The second-order valence-electron chi connectivity index (χ2n) is 8.29. The predicted octanol–water partition coefficient (Wildman–Crippen LogP) is 5.31. The zero-order chi connectivity index (χ0) is 22.7. The average molecular weight is 430 g/mol. The van der Waals surface area contributed by atoms with Gasteiger partial charge in [-0.2, -0.15) is 0 Å². The molecule has 1 heterocycles. The zero-order valence-corrected chi connectivity index (χ0v) is 18.7. The fourth-order valence-electron chi connectivity index (χ4n) is 3.72. The molecular weight excluding hydrogens is 384 g/mol. The first-order valence-corrected chi connectivity index (χ1v) is 12.0. The van der Waals surface area contributed by atoms with Crippen LogP contribution < -0.4 is 0 Å². The van der Waals surface area contributed by atoms with E-state index >= 15 is 0 Å². The van der Waals surface area contributed by atoms with E-state index in [-0.39, 0.29) is 5.76 Å². The normalized spacial score (nSPS) is 17.9. The highest BCUT2D eigenvalue weighted by atomic mass is 16.6. The smallest absolute Gasteiger partial charge is 0.378 e. The fourth-order valence-corrected chi connectivity index (χ4v) is 3.72. The standard InChI is InChI=1S/C24H44O6/c1-2-3-4-5-6-7-8-9-10-11-12-13-14-15-16-17-18-29-23-21(27)24(28)30-22(23)20(26)19-25/h20,22,25-27H,2-19H2,1H3/t20-,22+/m0/s1/i1D. The van der Waals surface area contributed by atoms with Crippen LogP contribution in [0.1, 0.15) is 111 Å². The number of carbonyl (C=O) groups is 1. The lowest BCUT2D eigenvalue weighted by atomic mass is 10.0. The van der Waals surface area contributed by atoms with Crippen LogP contribution in [0.4, 0.5) is 0 Å². The second kappa shape index (κ2) is 17.4. The first kappa shape index (κ1) is 25.0. The van der Waals surface area contributed by atoms with Crippen molar-refractivity contribution < 1.29 is 31.0 Å². The van der Waals surface area contributed by atoms with Crippen LogP contribution in [0.5, 0.6) is 0 Å². The van der Waals surface area contributed by atoms with Gasteiger partial charge in [0.05, 0.1) is 13.2 Å². The molecule has 176 valence electrons. The van der Waals surface area contributed by atoms with Gasteiger partial charge < -0.3 is 24.8 Å². The van der Waals surface area contributed by atoms with Gasteiger partial charge in [-0.1, -0.05) is 103 Å². The molecule has 1 aliphatic rings. The van der Waals surface area contributed by atoms with Crippen molar-refractivity contribution in [3.63, 3.8) is 0 Å². The quantitative estimate of drug-likeness (QED) is 0.179. The second-order valence-corrected chi connectivity index (χ2v) is 8.29. The minimum atomic E-state index is -1.30. The Bertz CT molecular complexity index is 496. The maximum atomic E-state index is 11.4. The summed E-state index contributed by atoms with van der Waals surface area (Å²) in [6.45, 7) is 0.344. The number of aliphatic hydroxyl groups excluding tert-OH is 3. The molecule has 0 aromatic rings. The molecule has 0 fully saturated rings. The highest BCUT2D eigenvalue weighted by molar-refractivity contribution is 5.89. The largest absolute Gasteiger partial charge is 0.499 e. The molecule has 0 aromatic carbocycles. The first-order valence-electron chi connectivity index (χ1n) is 12.7. The number of unbranched alkanes of at least 4 members (excludes halogenated alkanes) is 15. The van der Waals surface area contributed by atoms with Crippen LogP contribution in [0, 0.1) is 0 Å². The highest BCUT2D eigenvalue weighted by Crippen LogP contribution is 2.25. The van der Waals surface area contributed by atoms with E-state index in [0.29, 0.717) is 13.5 Å². The summed E-state index contributed by atoms with van der Waals surface area (Å²) in [7, 11) is 0. The van der Waals surface area contributed by atoms with Crippen LogP contribution >= 0.6 is 0 Å². The van der Waals surface area contributed by atoms with Crippen LogP contribution in [0.3, 0.4) is 0 Å². The molecule has 1 aliphatic heterocycles. The summed E-state index contributed by atoms with van der Waals surface area (Å²) in [6, 6.07) is 0. The predicted molar refractivity (Wildman–Crippen MR) is 118 cm³/mol. The molecular formula is C24H44O6. The molecule has 3 N–H and O–H groups in total. The summed E-state index contributed by atoms with van der Waals surface area (Å²) >= 11 is 0. The molecule has 0 bridgehead atoms. The van der Waals surface area contributed by atoms with E-state index in [1.54, 1.807) is 0 Å². The first-order chi connectivity index (χ1) is 15.1. The van der Waals surface area contributed by atoms with Gasteiger partial charge in [0, 0.05) is 1.37 Å². The van der Waals surface area contributed by atoms with E-state index in [9.17, 15) is 15.0 Å². The lowest BCUT2D eigenvalue weighted by Crippen LogP contribution is -2.32. The van der Waals surface area contributed by atoms with Crippen molar-refractivity contribution in [1.82, 2.24) is 0 Å². The molecule has 6 heteroatoms. The van der Waals surface area contributed by atoms with Crippen molar-refractivity contribution in [2.75, 3.05) is 13.2 Å². The molecule has 2 atom stereocenters. The number of rotatable bonds is 20. The van der Waals surface area contributed by atoms with Crippen LogP contribution in [0.2, 0.25) is 0 Å². The van der Waals surface area contributed by atoms with Crippen molar-refractivity contribution in [3.05, 3.63) is 11.5 Å². The summed E-state index contributed by atoms with van der Waals surface area (Å²) in [5, 5.41) is 28.4. The van der Waals surface area contributed by atoms with Crippen LogP contribution in [-0.2, 0) is 14.3 Å². The number of hydrogen-bond donors (Lipinski definition) is 3. The third-order valence-corrected chi connectivity index (χ3v) is 5.61. The van der Waals surface area contributed by atoms with Crippen molar-refractivity contribution in [2.45, 2.75) is 122 Å². The van der Waals surface area contributed by atoms with E-state index in [4.69, 9.17) is 16.0 Å². The molecule has 6 nitrogen and oxygen atoms in total. The Labute approximate surface area is 184 Å². The molecule has 0 aliphatic carbocycles. The number of aliphatic hydroxyl groups is 3. The topological polar surface area (TPSA) is 96.2 Å². The minimum Gasteiger partial charge on any atom is -0.499 e.